The number of ether oxygens (including phenoxy) is 1. The molecule has 1 heterocycles. The van der Waals surface area contributed by atoms with Crippen molar-refractivity contribution >= 4 is 5.91 Å². The van der Waals surface area contributed by atoms with Gasteiger partial charge in [-0.25, -0.2) is 0 Å². The minimum atomic E-state index is -0.678. The Labute approximate surface area is 133 Å². The third kappa shape index (κ3) is 4.82. The second kappa shape index (κ2) is 7.25. The van der Waals surface area contributed by atoms with Crippen LogP contribution in [-0.4, -0.2) is 48.3 Å². The predicted molar refractivity (Wildman–Crippen MR) is 86.9 cm³/mol. The van der Waals surface area contributed by atoms with Gasteiger partial charge in [0.05, 0.1) is 12.2 Å². The third-order valence-electron chi connectivity index (χ3n) is 4.17. The van der Waals surface area contributed by atoms with Crippen LogP contribution in [0.3, 0.4) is 0 Å². The van der Waals surface area contributed by atoms with E-state index >= 15 is 0 Å². The highest BCUT2D eigenvalue weighted by atomic mass is 16.5. The molecular formula is C18H27NO3. The zero-order valence-corrected chi connectivity index (χ0v) is 13.8. The number of methoxy groups -OCH3 is 1. The van der Waals surface area contributed by atoms with Gasteiger partial charge in [0.25, 0.3) is 5.91 Å². The van der Waals surface area contributed by atoms with E-state index in [0.29, 0.717) is 12.3 Å². The summed E-state index contributed by atoms with van der Waals surface area (Å²) < 4.78 is 5.18. The Balaban J connectivity index is 1.98. The topological polar surface area (TPSA) is 49.8 Å². The van der Waals surface area contributed by atoms with Gasteiger partial charge in [-0.2, -0.15) is 0 Å². The van der Waals surface area contributed by atoms with Crippen molar-refractivity contribution in [3.8, 4) is 0 Å². The number of aliphatic hydroxyl groups is 1. The molecule has 0 aliphatic carbocycles. The number of carbonyl (C=O) groups excluding carboxylic acids is 1. The molecule has 0 spiro atoms. The molecule has 4 heteroatoms. The summed E-state index contributed by atoms with van der Waals surface area (Å²) in [6.07, 6.45) is 2.47. The lowest BCUT2D eigenvalue weighted by Gasteiger charge is -2.18. The zero-order valence-electron chi connectivity index (χ0n) is 13.8. The van der Waals surface area contributed by atoms with Gasteiger partial charge in [0.1, 0.15) is 0 Å². The van der Waals surface area contributed by atoms with Crippen molar-refractivity contribution in [1.82, 2.24) is 4.90 Å². The molecule has 122 valence electrons. The first-order valence-electron chi connectivity index (χ1n) is 7.98. The molecule has 0 unspecified atom stereocenters. The summed E-state index contributed by atoms with van der Waals surface area (Å²) in [5.41, 5.74) is 1.16. The summed E-state index contributed by atoms with van der Waals surface area (Å²) in [6, 6.07) is 7.77. The summed E-state index contributed by atoms with van der Waals surface area (Å²) in [5, 5.41) is 9.82. The molecule has 0 radical (unpaired) electrons. The molecule has 4 nitrogen and oxygen atoms in total. The molecule has 0 aromatic heterocycles. The van der Waals surface area contributed by atoms with Crippen molar-refractivity contribution in [2.75, 3.05) is 26.8 Å². The Morgan fingerprint density at radius 2 is 2.23 bits per heavy atom. The van der Waals surface area contributed by atoms with Crippen molar-refractivity contribution in [1.29, 1.82) is 0 Å². The third-order valence-corrected chi connectivity index (χ3v) is 4.17. The first-order chi connectivity index (χ1) is 10.4. The number of likely N-dealkylation sites (tertiary alicyclic amines) is 1. The fourth-order valence-electron chi connectivity index (χ4n) is 2.88. The molecule has 1 aromatic carbocycles. The van der Waals surface area contributed by atoms with Crippen LogP contribution in [0.2, 0.25) is 0 Å². The Morgan fingerprint density at radius 3 is 2.91 bits per heavy atom. The van der Waals surface area contributed by atoms with Gasteiger partial charge in [-0.3, -0.25) is 4.79 Å². The molecule has 1 atom stereocenters. The van der Waals surface area contributed by atoms with E-state index in [0.717, 1.165) is 43.7 Å². The molecule has 1 aromatic rings. The summed E-state index contributed by atoms with van der Waals surface area (Å²) in [6.45, 7) is 5.92. The minimum absolute atomic E-state index is 0.101. The number of carbonyl (C=O) groups is 1. The highest BCUT2D eigenvalue weighted by Crippen LogP contribution is 2.20. The average Bonchev–Trinajstić information content (AvgIpc) is 2.93. The number of hydrogen-bond acceptors (Lipinski definition) is 3. The summed E-state index contributed by atoms with van der Waals surface area (Å²) >= 11 is 0. The monoisotopic (exact) mass is 305 g/mol. The van der Waals surface area contributed by atoms with Gasteiger partial charge in [-0.05, 0) is 50.8 Å². The fraction of sp³-hybridized carbons (Fsp3) is 0.611. The normalized spacial score (nSPS) is 18.7. The molecule has 2 rings (SSSR count). The number of amides is 1. The fourth-order valence-corrected chi connectivity index (χ4v) is 2.88. The summed E-state index contributed by atoms with van der Waals surface area (Å²) in [4.78, 5) is 14.5. The van der Waals surface area contributed by atoms with Crippen LogP contribution in [0.1, 0.15) is 42.6 Å². The summed E-state index contributed by atoms with van der Waals surface area (Å²) in [7, 11) is 1.70. The number of aryl methyl sites for hydroxylation is 1. The second-order valence-electron chi connectivity index (χ2n) is 6.87. The second-order valence-corrected chi connectivity index (χ2v) is 6.87. The van der Waals surface area contributed by atoms with E-state index in [1.165, 1.54) is 0 Å². The maximum absolute atomic E-state index is 12.6. The van der Waals surface area contributed by atoms with Crippen LogP contribution in [0.15, 0.2) is 24.3 Å². The van der Waals surface area contributed by atoms with Gasteiger partial charge in [0.2, 0.25) is 0 Å². The number of nitrogens with zero attached hydrogens (tertiary/aromatic N) is 1. The van der Waals surface area contributed by atoms with E-state index in [2.05, 4.69) is 0 Å². The first kappa shape index (κ1) is 17.0. The van der Waals surface area contributed by atoms with Crippen LogP contribution >= 0.6 is 0 Å². The van der Waals surface area contributed by atoms with Crippen LogP contribution < -0.4 is 0 Å². The lowest BCUT2D eigenvalue weighted by Crippen LogP contribution is -2.29. The molecule has 1 aliphatic heterocycles. The first-order valence-corrected chi connectivity index (χ1v) is 7.98. The number of rotatable bonds is 6. The maximum Gasteiger partial charge on any atom is 0.253 e. The molecule has 0 bridgehead atoms. The van der Waals surface area contributed by atoms with E-state index in [9.17, 15) is 9.90 Å². The Kier molecular flexibility index (Phi) is 5.59. The Hall–Kier alpha value is -1.39. The number of benzene rings is 1. The van der Waals surface area contributed by atoms with E-state index < -0.39 is 5.60 Å². The van der Waals surface area contributed by atoms with E-state index in [1.54, 1.807) is 7.11 Å². The highest BCUT2D eigenvalue weighted by molar-refractivity contribution is 5.94. The average molecular weight is 305 g/mol. The quantitative estimate of drug-likeness (QED) is 0.878. The van der Waals surface area contributed by atoms with Crippen molar-refractivity contribution in [2.24, 2.45) is 5.92 Å². The van der Waals surface area contributed by atoms with Crippen molar-refractivity contribution < 1.29 is 14.6 Å². The molecule has 0 saturated carbocycles. The van der Waals surface area contributed by atoms with Crippen LogP contribution in [0.5, 0.6) is 0 Å². The largest absolute Gasteiger partial charge is 0.390 e. The molecule has 22 heavy (non-hydrogen) atoms. The lowest BCUT2D eigenvalue weighted by molar-refractivity contribution is 0.0714. The van der Waals surface area contributed by atoms with E-state index in [-0.39, 0.29) is 5.91 Å². The lowest BCUT2D eigenvalue weighted by atomic mass is 9.98. The Bertz CT molecular complexity index is 507. The molecule has 1 fully saturated rings. The molecule has 1 N–H and O–H groups in total. The smallest absolute Gasteiger partial charge is 0.253 e. The van der Waals surface area contributed by atoms with Gasteiger partial charge in [0.15, 0.2) is 0 Å². The number of hydrogen-bond donors (Lipinski definition) is 1. The maximum atomic E-state index is 12.6. The predicted octanol–water partition coefficient (Wildman–Crippen LogP) is 2.50. The van der Waals surface area contributed by atoms with Crippen LogP contribution in [0.4, 0.5) is 0 Å². The zero-order chi connectivity index (χ0) is 16.2. The van der Waals surface area contributed by atoms with Crippen LogP contribution in [-0.2, 0) is 11.2 Å². The van der Waals surface area contributed by atoms with Gasteiger partial charge < -0.3 is 14.7 Å². The molecule has 1 aliphatic rings. The van der Waals surface area contributed by atoms with E-state index in [4.69, 9.17) is 4.74 Å². The molecule has 1 amide bonds. The van der Waals surface area contributed by atoms with Crippen molar-refractivity contribution in [3.63, 3.8) is 0 Å². The SMILES string of the molecule is COC[C@@H]1CCN(C(=O)c2cccc(CCC(C)(C)O)c2)C1. The van der Waals surface area contributed by atoms with Crippen molar-refractivity contribution in [3.05, 3.63) is 35.4 Å². The Morgan fingerprint density at radius 1 is 1.45 bits per heavy atom. The van der Waals surface area contributed by atoms with Gasteiger partial charge in [-0.15, -0.1) is 0 Å². The van der Waals surface area contributed by atoms with Gasteiger partial charge in [0, 0.05) is 31.7 Å². The van der Waals surface area contributed by atoms with Gasteiger partial charge >= 0.3 is 0 Å². The highest BCUT2D eigenvalue weighted by Gasteiger charge is 2.26. The minimum Gasteiger partial charge on any atom is -0.390 e. The molecule has 1 saturated heterocycles. The van der Waals surface area contributed by atoms with Crippen LogP contribution in [0, 0.1) is 5.92 Å². The van der Waals surface area contributed by atoms with Crippen molar-refractivity contribution in [2.45, 2.75) is 38.7 Å². The molecular weight excluding hydrogens is 278 g/mol. The standard InChI is InChI=1S/C18H27NO3/c1-18(2,21)9-7-14-5-4-6-16(11-14)17(20)19-10-8-15(12-19)13-22-3/h4-6,11,15,21H,7-10,12-13H2,1-3H3/t15-/m1/s1. The van der Waals surface area contributed by atoms with Crippen LogP contribution in [0.25, 0.3) is 0 Å². The van der Waals surface area contributed by atoms with E-state index in [1.807, 2.05) is 43.0 Å². The van der Waals surface area contributed by atoms with Gasteiger partial charge in [-0.1, -0.05) is 12.1 Å². The summed E-state index contributed by atoms with van der Waals surface area (Å²) in [5.74, 6) is 0.552.